The summed E-state index contributed by atoms with van der Waals surface area (Å²) in [4.78, 5) is 11.1. The van der Waals surface area contributed by atoms with Crippen molar-refractivity contribution in [2.75, 3.05) is 11.9 Å². The van der Waals surface area contributed by atoms with Gasteiger partial charge in [0.2, 0.25) is 0 Å². The average molecular weight is 245 g/mol. The minimum atomic E-state index is -4.38. The Labute approximate surface area is 95.6 Å². The van der Waals surface area contributed by atoms with Crippen molar-refractivity contribution in [3.05, 3.63) is 23.8 Å². The van der Waals surface area contributed by atoms with E-state index in [2.05, 4.69) is 5.32 Å². The number of ether oxygens (including phenoxy) is 1. The Bertz CT molecular complexity index is 457. The zero-order valence-electron chi connectivity index (χ0n) is 8.97. The highest BCUT2D eigenvalue weighted by molar-refractivity contribution is 5.82. The summed E-state index contributed by atoms with van der Waals surface area (Å²) in [6, 6.07) is 3.13. The van der Waals surface area contributed by atoms with Gasteiger partial charge in [0.05, 0.1) is 17.8 Å². The van der Waals surface area contributed by atoms with Crippen LogP contribution in [0.3, 0.4) is 0 Å². The lowest BCUT2D eigenvalue weighted by Crippen LogP contribution is -2.36. The summed E-state index contributed by atoms with van der Waals surface area (Å²) in [5.41, 5.74) is -0.481. The molecule has 1 heterocycles. The fourth-order valence-electron chi connectivity index (χ4n) is 1.57. The highest BCUT2D eigenvalue weighted by Crippen LogP contribution is 2.36. The number of anilines is 1. The number of fused-ring (bicyclic) bond motifs is 1. The Morgan fingerprint density at radius 2 is 2.18 bits per heavy atom. The van der Waals surface area contributed by atoms with E-state index in [4.69, 9.17) is 4.74 Å². The molecule has 1 aliphatic rings. The Balaban J connectivity index is 2.29. The van der Waals surface area contributed by atoms with Gasteiger partial charge in [-0.15, -0.1) is 0 Å². The summed E-state index contributed by atoms with van der Waals surface area (Å²) in [6.45, 7) is 1.56. The van der Waals surface area contributed by atoms with Gasteiger partial charge in [-0.1, -0.05) is 0 Å². The Hall–Kier alpha value is -1.72. The molecule has 0 bridgehead atoms. The molecule has 0 aromatic heterocycles. The predicted octanol–water partition coefficient (Wildman–Crippen LogP) is 2.47. The summed E-state index contributed by atoms with van der Waals surface area (Å²) >= 11 is 0. The molecule has 0 amide bonds. The number of nitrogens with one attached hydrogen (secondary N) is 1. The first-order chi connectivity index (χ1) is 7.88. The van der Waals surface area contributed by atoms with E-state index in [9.17, 15) is 18.0 Å². The first-order valence-corrected chi connectivity index (χ1v) is 5.00. The quantitative estimate of drug-likeness (QED) is 0.826. The van der Waals surface area contributed by atoms with Crippen molar-refractivity contribution >= 4 is 11.5 Å². The first-order valence-electron chi connectivity index (χ1n) is 5.00. The van der Waals surface area contributed by atoms with E-state index in [-0.39, 0.29) is 23.8 Å². The molecule has 0 radical (unpaired) electrons. The van der Waals surface area contributed by atoms with Crippen molar-refractivity contribution < 1.29 is 22.7 Å². The molecule has 1 aromatic rings. The van der Waals surface area contributed by atoms with Crippen molar-refractivity contribution in [3.8, 4) is 5.75 Å². The molecule has 17 heavy (non-hydrogen) atoms. The maximum absolute atomic E-state index is 12.4. The smallest absolute Gasteiger partial charge is 0.416 e. The number of ketones is 1. The number of benzene rings is 1. The number of hydrogen-bond acceptors (Lipinski definition) is 3. The average Bonchev–Trinajstić information content (AvgIpc) is 2.26. The number of Topliss-reactive ketones (excluding diaryl/α,β-unsaturated/α-hetero) is 1. The van der Waals surface area contributed by atoms with Crippen LogP contribution in [0.25, 0.3) is 0 Å². The van der Waals surface area contributed by atoms with Crippen LogP contribution in [0.4, 0.5) is 18.9 Å². The molecule has 6 heteroatoms. The van der Waals surface area contributed by atoms with E-state index in [1.54, 1.807) is 0 Å². The maximum atomic E-state index is 12.4. The summed E-state index contributed by atoms with van der Waals surface area (Å²) in [5, 5.41) is 2.76. The number of carbonyl (C=O) groups excluding carboxylic acids is 1. The van der Waals surface area contributed by atoms with Gasteiger partial charge in [-0.05, 0) is 25.1 Å². The van der Waals surface area contributed by atoms with Crippen LogP contribution in [0.2, 0.25) is 0 Å². The molecular formula is C11H10F3NO2. The van der Waals surface area contributed by atoms with Crippen molar-refractivity contribution in [2.24, 2.45) is 0 Å². The van der Waals surface area contributed by atoms with Crippen molar-refractivity contribution in [1.29, 1.82) is 0 Å². The van der Waals surface area contributed by atoms with E-state index in [1.807, 2.05) is 0 Å². The number of hydrogen-bond donors (Lipinski definition) is 1. The number of rotatable bonds is 1. The molecule has 1 unspecified atom stereocenters. The highest BCUT2D eigenvalue weighted by atomic mass is 19.4. The molecule has 0 aliphatic carbocycles. The second kappa shape index (κ2) is 3.94. The van der Waals surface area contributed by atoms with Crippen molar-refractivity contribution in [2.45, 2.75) is 19.2 Å². The topological polar surface area (TPSA) is 38.3 Å². The number of halogens is 3. The first kappa shape index (κ1) is 11.8. The molecule has 1 N–H and O–H groups in total. The minimum Gasteiger partial charge on any atom is -0.479 e. The van der Waals surface area contributed by atoms with Crippen LogP contribution in [0.15, 0.2) is 18.2 Å². The van der Waals surface area contributed by atoms with Crippen molar-refractivity contribution in [1.82, 2.24) is 0 Å². The van der Waals surface area contributed by atoms with Gasteiger partial charge in [0.25, 0.3) is 0 Å². The number of carbonyl (C=O) groups is 1. The monoisotopic (exact) mass is 245 g/mol. The molecule has 1 atom stereocenters. The predicted molar refractivity (Wildman–Crippen MR) is 55.0 cm³/mol. The van der Waals surface area contributed by atoms with E-state index < -0.39 is 17.8 Å². The van der Waals surface area contributed by atoms with Gasteiger partial charge in [-0.25, -0.2) is 0 Å². The van der Waals surface area contributed by atoms with Gasteiger partial charge >= 0.3 is 6.18 Å². The summed E-state index contributed by atoms with van der Waals surface area (Å²) in [7, 11) is 0. The molecule has 1 aliphatic heterocycles. The molecule has 92 valence electrons. The van der Waals surface area contributed by atoms with E-state index >= 15 is 0 Å². The Morgan fingerprint density at radius 3 is 2.76 bits per heavy atom. The normalized spacial score (nSPS) is 18.9. The molecule has 1 aromatic carbocycles. The molecule has 0 spiro atoms. The second-order valence-corrected chi connectivity index (χ2v) is 3.81. The molecule has 2 rings (SSSR count). The highest BCUT2D eigenvalue weighted by Gasteiger charge is 2.32. The van der Waals surface area contributed by atoms with E-state index in [1.165, 1.54) is 13.0 Å². The largest absolute Gasteiger partial charge is 0.479 e. The molecule has 3 nitrogen and oxygen atoms in total. The van der Waals surface area contributed by atoms with Gasteiger partial charge in [0.15, 0.2) is 11.9 Å². The molecule has 0 fully saturated rings. The van der Waals surface area contributed by atoms with E-state index in [0.29, 0.717) is 0 Å². The standard InChI is InChI=1S/C11H10F3NO2/c1-6(16)10-5-15-8-4-7(11(12,13)14)2-3-9(8)17-10/h2-4,10,15H,5H2,1H3. The summed E-state index contributed by atoms with van der Waals surface area (Å²) < 4.78 is 42.6. The minimum absolute atomic E-state index is 0.164. The van der Waals surface area contributed by atoms with Gasteiger partial charge in [0, 0.05) is 0 Å². The van der Waals surface area contributed by atoms with Crippen LogP contribution >= 0.6 is 0 Å². The third-order valence-electron chi connectivity index (χ3n) is 2.51. The van der Waals surface area contributed by atoms with Gasteiger partial charge in [0.1, 0.15) is 5.75 Å². The Kier molecular flexibility index (Phi) is 2.73. The lowest BCUT2D eigenvalue weighted by molar-refractivity contribution is -0.137. The van der Waals surface area contributed by atoms with Crippen molar-refractivity contribution in [3.63, 3.8) is 0 Å². The van der Waals surface area contributed by atoms with E-state index in [0.717, 1.165) is 12.1 Å². The summed E-state index contributed by atoms with van der Waals surface area (Å²) in [6.07, 6.45) is -5.02. The summed E-state index contributed by atoms with van der Waals surface area (Å²) in [5.74, 6) is 0.104. The van der Waals surface area contributed by atoms with Crippen LogP contribution in [-0.4, -0.2) is 18.4 Å². The van der Waals surface area contributed by atoms with Crippen LogP contribution in [0, 0.1) is 0 Å². The SMILES string of the molecule is CC(=O)C1CNc2cc(C(F)(F)F)ccc2O1. The van der Waals surface area contributed by atoms with Crippen LogP contribution in [0.5, 0.6) is 5.75 Å². The molecule has 0 saturated heterocycles. The fourth-order valence-corrected chi connectivity index (χ4v) is 1.57. The van der Waals surface area contributed by atoms with Crippen LogP contribution < -0.4 is 10.1 Å². The zero-order valence-corrected chi connectivity index (χ0v) is 8.97. The molecular weight excluding hydrogens is 235 g/mol. The van der Waals surface area contributed by atoms with Gasteiger partial charge in [-0.3, -0.25) is 4.79 Å². The third-order valence-corrected chi connectivity index (χ3v) is 2.51. The van der Waals surface area contributed by atoms with Gasteiger partial charge in [-0.2, -0.15) is 13.2 Å². The number of alkyl halides is 3. The third kappa shape index (κ3) is 2.35. The maximum Gasteiger partial charge on any atom is 0.416 e. The van der Waals surface area contributed by atoms with Crippen LogP contribution in [-0.2, 0) is 11.0 Å². The van der Waals surface area contributed by atoms with Gasteiger partial charge < -0.3 is 10.1 Å². The zero-order chi connectivity index (χ0) is 12.6. The second-order valence-electron chi connectivity index (χ2n) is 3.81. The lowest BCUT2D eigenvalue weighted by atomic mass is 10.1. The Morgan fingerprint density at radius 1 is 1.47 bits per heavy atom. The van der Waals surface area contributed by atoms with Crippen LogP contribution in [0.1, 0.15) is 12.5 Å². The molecule has 0 saturated carbocycles. The lowest BCUT2D eigenvalue weighted by Gasteiger charge is -2.26. The fraction of sp³-hybridized carbons (Fsp3) is 0.364.